The van der Waals surface area contributed by atoms with Gasteiger partial charge in [-0.25, -0.2) is 4.99 Å². The number of isothiocyanates is 1. The Morgan fingerprint density at radius 3 is 2.79 bits per heavy atom. The summed E-state index contributed by atoms with van der Waals surface area (Å²) in [4.78, 5) is 4.14. The molecular formula is C11H17NOS. The molecule has 14 heavy (non-hydrogen) atoms. The number of hydrogen-bond acceptors (Lipinski definition) is 3. The molecular weight excluding hydrogens is 194 g/mol. The maximum absolute atomic E-state index is 5.88. The first-order valence-electron chi connectivity index (χ1n) is 4.94. The molecule has 0 aromatic heterocycles. The third kappa shape index (κ3) is 3.70. The number of allylic oxidation sites excluding steroid dienone is 1. The summed E-state index contributed by atoms with van der Waals surface area (Å²) in [7, 11) is 0. The van der Waals surface area contributed by atoms with Crippen LogP contribution in [0.2, 0.25) is 0 Å². The van der Waals surface area contributed by atoms with Crippen molar-refractivity contribution in [1.29, 1.82) is 0 Å². The number of hydrogen-bond donors (Lipinski definition) is 0. The molecule has 1 aliphatic carbocycles. The van der Waals surface area contributed by atoms with Crippen molar-refractivity contribution in [2.45, 2.75) is 51.4 Å². The maximum Gasteiger partial charge on any atom is 0.0994 e. The monoisotopic (exact) mass is 211 g/mol. The highest BCUT2D eigenvalue weighted by Crippen LogP contribution is 2.22. The van der Waals surface area contributed by atoms with Crippen molar-refractivity contribution in [3.63, 3.8) is 0 Å². The zero-order valence-electron chi connectivity index (χ0n) is 8.99. The Morgan fingerprint density at radius 1 is 1.50 bits per heavy atom. The quantitative estimate of drug-likeness (QED) is 0.398. The van der Waals surface area contributed by atoms with Crippen LogP contribution in [0.15, 0.2) is 17.1 Å². The summed E-state index contributed by atoms with van der Waals surface area (Å²) in [6.07, 6.45) is 6.33. The molecule has 2 atom stereocenters. The normalized spacial score (nSPS) is 27.1. The maximum atomic E-state index is 5.88. The van der Waals surface area contributed by atoms with E-state index in [4.69, 9.17) is 4.74 Å². The van der Waals surface area contributed by atoms with Crippen LogP contribution in [0, 0.1) is 0 Å². The summed E-state index contributed by atoms with van der Waals surface area (Å²) in [6, 6.07) is 0.150. The molecule has 0 aromatic rings. The molecule has 0 saturated carbocycles. The first kappa shape index (κ1) is 11.6. The van der Waals surface area contributed by atoms with Gasteiger partial charge in [-0.05, 0) is 45.8 Å². The van der Waals surface area contributed by atoms with Crippen LogP contribution < -0.4 is 0 Å². The van der Waals surface area contributed by atoms with E-state index in [1.165, 1.54) is 0 Å². The Hall–Kier alpha value is -0.500. The summed E-state index contributed by atoms with van der Waals surface area (Å²) in [5.74, 6) is 0. The molecule has 0 spiro atoms. The van der Waals surface area contributed by atoms with Gasteiger partial charge in [-0.1, -0.05) is 12.2 Å². The van der Waals surface area contributed by atoms with Crippen LogP contribution in [0.3, 0.4) is 0 Å². The van der Waals surface area contributed by atoms with Gasteiger partial charge in [0.1, 0.15) is 0 Å². The number of thiocarbonyl (C=S) groups is 1. The summed E-state index contributed by atoms with van der Waals surface area (Å²) >= 11 is 4.63. The van der Waals surface area contributed by atoms with E-state index in [-0.39, 0.29) is 17.7 Å². The molecule has 0 fully saturated rings. The Balaban J connectivity index is 2.67. The molecule has 1 aliphatic rings. The third-order valence-electron chi connectivity index (χ3n) is 2.04. The zero-order chi connectivity index (χ0) is 10.6. The molecule has 0 aromatic carbocycles. The molecule has 0 N–H and O–H groups in total. The van der Waals surface area contributed by atoms with Crippen molar-refractivity contribution in [2.24, 2.45) is 4.99 Å². The molecule has 0 radical (unpaired) electrons. The average molecular weight is 211 g/mol. The lowest BCUT2D eigenvalue weighted by Gasteiger charge is -2.30. The van der Waals surface area contributed by atoms with Gasteiger partial charge in [-0.2, -0.15) is 0 Å². The Bertz CT molecular complexity index is 261. The van der Waals surface area contributed by atoms with Crippen LogP contribution >= 0.6 is 12.2 Å². The van der Waals surface area contributed by atoms with Crippen LogP contribution in [-0.4, -0.2) is 22.9 Å². The van der Waals surface area contributed by atoms with E-state index in [0.29, 0.717) is 0 Å². The SMILES string of the molecule is CC(C)(C)OC1C=CCCC1N=C=S. The zero-order valence-corrected chi connectivity index (χ0v) is 9.80. The first-order valence-corrected chi connectivity index (χ1v) is 5.35. The molecule has 0 bridgehead atoms. The van der Waals surface area contributed by atoms with Gasteiger partial charge >= 0.3 is 0 Å². The lowest BCUT2D eigenvalue weighted by atomic mass is 9.99. The minimum absolute atomic E-state index is 0.0548. The molecule has 1 rings (SSSR count). The highest BCUT2D eigenvalue weighted by atomic mass is 32.1. The first-order chi connectivity index (χ1) is 6.53. The number of nitrogens with zero attached hydrogens (tertiary/aromatic N) is 1. The lowest BCUT2D eigenvalue weighted by molar-refractivity contribution is -0.0498. The van der Waals surface area contributed by atoms with Gasteiger partial charge in [-0.15, -0.1) is 0 Å². The smallest absolute Gasteiger partial charge is 0.0994 e. The number of ether oxygens (including phenoxy) is 1. The molecule has 0 amide bonds. The van der Waals surface area contributed by atoms with Gasteiger partial charge in [0.15, 0.2) is 0 Å². The fraction of sp³-hybridized carbons (Fsp3) is 0.727. The average Bonchev–Trinajstić information content (AvgIpc) is 2.06. The van der Waals surface area contributed by atoms with Crippen LogP contribution in [0.4, 0.5) is 0 Å². The molecule has 78 valence electrons. The van der Waals surface area contributed by atoms with Crippen molar-refractivity contribution in [3.8, 4) is 0 Å². The summed E-state index contributed by atoms with van der Waals surface area (Å²) < 4.78 is 5.88. The molecule has 3 heteroatoms. The predicted octanol–water partition coefficient (Wildman–Crippen LogP) is 2.99. The van der Waals surface area contributed by atoms with Gasteiger partial charge in [0.05, 0.1) is 22.9 Å². The number of aliphatic imine (C=N–C) groups is 1. The molecule has 2 unspecified atom stereocenters. The molecule has 0 aliphatic heterocycles. The van der Waals surface area contributed by atoms with Crippen LogP contribution in [-0.2, 0) is 4.74 Å². The van der Waals surface area contributed by atoms with E-state index in [1.807, 2.05) is 20.8 Å². The fourth-order valence-electron chi connectivity index (χ4n) is 1.52. The summed E-state index contributed by atoms with van der Waals surface area (Å²) in [5.41, 5.74) is -0.137. The molecule has 0 heterocycles. The molecule has 2 nitrogen and oxygen atoms in total. The van der Waals surface area contributed by atoms with Crippen LogP contribution in [0.1, 0.15) is 33.6 Å². The van der Waals surface area contributed by atoms with Crippen LogP contribution in [0.5, 0.6) is 0 Å². The van der Waals surface area contributed by atoms with E-state index < -0.39 is 0 Å². The highest BCUT2D eigenvalue weighted by molar-refractivity contribution is 7.78. The molecule has 0 saturated heterocycles. The highest BCUT2D eigenvalue weighted by Gasteiger charge is 2.26. The van der Waals surface area contributed by atoms with Crippen molar-refractivity contribution in [1.82, 2.24) is 0 Å². The fourth-order valence-corrected chi connectivity index (χ4v) is 1.66. The lowest BCUT2D eigenvalue weighted by Crippen LogP contribution is -2.35. The minimum Gasteiger partial charge on any atom is -0.366 e. The van der Waals surface area contributed by atoms with E-state index in [0.717, 1.165) is 12.8 Å². The third-order valence-corrected chi connectivity index (χ3v) is 2.15. The second kappa shape index (κ2) is 4.83. The summed E-state index contributed by atoms with van der Waals surface area (Å²) in [5, 5.41) is 2.45. The van der Waals surface area contributed by atoms with Crippen LogP contribution in [0.25, 0.3) is 0 Å². The van der Waals surface area contributed by atoms with Crippen molar-refractivity contribution in [2.75, 3.05) is 0 Å². The Kier molecular flexibility index (Phi) is 3.99. The van der Waals surface area contributed by atoms with E-state index in [2.05, 4.69) is 34.5 Å². The van der Waals surface area contributed by atoms with Crippen molar-refractivity contribution >= 4 is 17.4 Å². The van der Waals surface area contributed by atoms with Gasteiger partial charge in [0, 0.05) is 0 Å². The largest absolute Gasteiger partial charge is 0.366 e. The van der Waals surface area contributed by atoms with Crippen molar-refractivity contribution in [3.05, 3.63) is 12.2 Å². The van der Waals surface area contributed by atoms with Gasteiger partial charge in [-0.3, -0.25) is 0 Å². The van der Waals surface area contributed by atoms with Crippen molar-refractivity contribution < 1.29 is 4.74 Å². The standard InChI is InChI=1S/C11H17NOS/c1-11(2,3)13-10-7-5-4-6-9(10)12-8-14/h5,7,9-10H,4,6H2,1-3H3. The van der Waals surface area contributed by atoms with Gasteiger partial charge in [0.2, 0.25) is 0 Å². The summed E-state index contributed by atoms with van der Waals surface area (Å²) in [6.45, 7) is 6.15. The second-order valence-electron chi connectivity index (χ2n) is 4.49. The topological polar surface area (TPSA) is 21.6 Å². The van der Waals surface area contributed by atoms with Gasteiger partial charge < -0.3 is 4.74 Å². The van der Waals surface area contributed by atoms with E-state index >= 15 is 0 Å². The van der Waals surface area contributed by atoms with Gasteiger partial charge in [0.25, 0.3) is 0 Å². The van der Waals surface area contributed by atoms with E-state index in [1.54, 1.807) is 0 Å². The van der Waals surface area contributed by atoms with E-state index in [9.17, 15) is 0 Å². The number of rotatable bonds is 2. The Labute approximate surface area is 91.1 Å². The Morgan fingerprint density at radius 2 is 2.21 bits per heavy atom. The second-order valence-corrected chi connectivity index (χ2v) is 4.67. The minimum atomic E-state index is -0.137. The predicted molar refractivity (Wildman–Crippen MR) is 61.8 cm³/mol.